The first-order valence-corrected chi connectivity index (χ1v) is 4.49. The lowest BCUT2D eigenvalue weighted by Gasteiger charge is -2.08. The van der Waals surface area contributed by atoms with Gasteiger partial charge in [-0.1, -0.05) is 38.1 Å². The second-order valence-corrected chi connectivity index (χ2v) is 3.38. The van der Waals surface area contributed by atoms with Crippen LogP contribution >= 0.6 is 0 Å². The molecule has 0 aliphatic rings. The normalized spacial score (nSPS) is 10.5. The van der Waals surface area contributed by atoms with Crippen LogP contribution in [-0.4, -0.2) is 5.78 Å². The highest BCUT2D eigenvalue weighted by molar-refractivity contribution is 5.98. The minimum absolute atomic E-state index is 0.0349. The van der Waals surface area contributed by atoms with Crippen LogP contribution in [0.3, 0.4) is 0 Å². The molecule has 2 N–H and O–H groups in total. The number of nitrogens with two attached hydrogens (primary N) is 1. The third-order valence-electron chi connectivity index (χ3n) is 2.03. The number of rotatable bonds is 3. The molecule has 0 heterocycles. The molecule has 0 bridgehead atoms. The maximum Gasteiger partial charge on any atom is 0.165 e. The first kappa shape index (κ1) is 9.93. The van der Waals surface area contributed by atoms with Crippen LogP contribution in [0.5, 0.6) is 0 Å². The molecule has 0 saturated carbocycles. The largest absolute Gasteiger partial charge is 0.326 e. The van der Waals surface area contributed by atoms with Crippen molar-refractivity contribution >= 4 is 5.78 Å². The van der Waals surface area contributed by atoms with E-state index < -0.39 is 0 Å². The Kier molecular flexibility index (Phi) is 3.20. The predicted molar refractivity (Wildman–Crippen MR) is 53.5 cm³/mol. The van der Waals surface area contributed by atoms with Crippen LogP contribution in [0, 0.1) is 5.92 Å². The van der Waals surface area contributed by atoms with Gasteiger partial charge in [0.2, 0.25) is 0 Å². The Hall–Kier alpha value is -1.15. The third kappa shape index (κ3) is 2.16. The lowest BCUT2D eigenvalue weighted by molar-refractivity contribution is 0.0938. The van der Waals surface area contributed by atoms with Gasteiger partial charge in [-0.2, -0.15) is 0 Å². The smallest absolute Gasteiger partial charge is 0.165 e. The molecule has 70 valence electrons. The summed E-state index contributed by atoms with van der Waals surface area (Å²) in [7, 11) is 0. The minimum Gasteiger partial charge on any atom is -0.326 e. The fourth-order valence-corrected chi connectivity index (χ4v) is 1.25. The van der Waals surface area contributed by atoms with E-state index in [1.54, 1.807) is 0 Å². The monoisotopic (exact) mass is 177 g/mol. The molecule has 0 spiro atoms. The summed E-state index contributed by atoms with van der Waals surface area (Å²) < 4.78 is 0. The number of hydrogen-bond donors (Lipinski definition) is 1. The third-order valence-corrected chi connectivity index (χ3v) is 2.03. The molecule has 0 radical (unpaired) electrons. The van der Waals surface area contributed by atoms with Gasteiger partial charge in [0.1, 0.15) is 0 Å². The summed E-state index contributed by atoms with van der Waals surface area (Å²) in [5, 5.41) is 0. The average Bonchev–Trinajstić information content (AvgIpc) is 2.16. The summed E-state index contributed by atoms with van der Waals surface area (Å²) in [5.41, 5.74) is 7.23. The van der Waals surface area contributed by atoms with E-state index in [0.29, 0.717) is 6.54 Å². The van der Waals surface area contributed by atoms with Crippen molar-refractivity contribution in [3.63, 3.8) is 0 Å². The van der Waals surface area contributed by atoms with Gasteiger partial charge in [-0.25, -0.2) is 0 Å². The van der Waals surface area contributed by atoms with E-state index in [2.05, 4.69) is 0 Å². The molecule has 1 aromatic carbocycles. The number of ketones is 1. The van der Waals surface area contributed by atoms with Gasteiger partial charge in [0.05, 0.1) is 0 Å². The second-order valence-electron chi connectivity index (χ2n) is 3.38. The summed E-state index contributed by atoms with van der Waals surface area (Å²) in [6.07, 6.45) is 0. The van der Waals surface area contributed by atoms with Crippen LogP contribution in [-0.2, 0) is 6.54 Å². The van der Waals surface area contributed by atoms with Crippen LogP contribution in [0.1, 0.15) is 29.8 Å². The van der Waals surface area contributed by atoms with Crippen molar-refractivity contribution < 1.29 is 4.79 Å². The van der Waals surface area contributed by atoms with Crippen LogP contribution in [0.2, 0.25) is 0 Å². The summed E-state index contributed by atoms with van der Waals surface area (Å²) in [6, 6.07) is 7.51. The second kappa shape index (κ2) is 4.19. The van der Waals surface area contributed by atoms with Gasteiger partial charge in [-0.15, -0.1) is 0 Å². The van der Waals surface area contributed by atoms with Crippen LogP contribution in [0.25, 0.3) is 0 Å². The molecule has 2 nitrogen and oxygen atoms in total. The van der Waals surface area contributed by atoms with Gasteiger partial charge in [0, 0.05) is 18.0 Å². The van der Waals surface area contributed by atoms with E-state index in [9.17, 15) is 4.79 Å². The quantitative estimate of drug-likeness (QED) is 0.717. The van der Waals surface area contributed by atoms with E-state index in [4.69, 9.17) is 5.73 Å². The summed E-state index contributed by atoms with van der Waals surface area (Å²) in [6.45, 7) is 4.22. The highest BCUT2D eigenvalue weighted by Crippen LogP contribution is 2.13. The lowest BCUT2D eigenvalue weighted by atomic mass is 9.96. The summed E-state index contributed by atoms with van der Waals surface area (Å²) >= 11 is 0. The fraction of sp³-hybridized carbons (Fsp3) is 0.364. The molecule has 0 saturated heterocycles. The zero-order valence-electron chi connectivity index (χ0n) is 8.08. The number of Topliss-reactive ketones (excluding diaryl/α,β-unsaturated/α-hetero) is 1. The van der Waals surface area contributed by atoms with Crippen molar-refractivity contribution in [2.75, 3.05) is 0 Å². The molecular weight excluding hydrogens is 162 g/mol. The standard InChI is InChI=1S/C11H15NO/c1-8(2)11(13)10-6-4-3-5-9(10)7-12/h3-6,8H,7,12H2,1-2H3. The van der Waals surface area contributed by atoms with E-state index in [1.165, 1.54) is 0 Å². The lowest BCUT2D eigenvalue weighted by Crippen LogP contribution is -2.12. The predicted octanol–water partition coefficient (Wildman–Crippen LogP) is 1.98. The molecule has 0 aliphatic carbocycles. The topological polar surface area (TPSA) is 43.1 Å². The van der Waals surface area contributed by atoms with Crippen molar-refractivity contribution in [3.05, 3.63) is 35.4 Å². The summed E-state index contributed by atoms with van der Waals surface area (Å²) in [5.74, 6) is 0.203. The Labute approximate surface area is 78.8 Å². The molecule has 1 aromatic rings. The SMILES string of the molecule is CC(C)C(=O)c1ccccc1CN. The zero-order chi connectivity index (χ0) is 9.84. The highest BCUT2D eigenvalue weighted by Gasteiger charge is 2.12. The molecule has 0 aromatic heterocycles. The van der Waals surface area contributed by atoms with Gasteiger partial charge in [0.15, 0.2) is 5.78 Å². The number of hydrogen-bond acceptors (Lipinski definition) is 2. The molecule has 0 amide bonds. The maximum atomic E-state index is 11.7. The van der Waals surface area contributed by atoms with Crippen LogP contribution in [0.4, 0.5) is 0 Å². The van der Waals surface area contributed by atoms with Crippen molar-refractivity contribution in [2.24, 2.45) is 11.7 Å². The summed E-state index contributed by atoms with van der Waals surface area (Å²) in [4.78, 5) is 11.7. The van der Waals surface area contributed by atoms with E-state index in [-0.39, 0.29) is 11.7 Å². The van der Waals surface area contributed by atoms with Crippen molar-refractivity contribution in [2.45, 2.75) is 20.4 Å². The maximum absolute atomic E-state index is 11.7. The van der Waals surface area contributed by atoms with E-state index in [1.807, 2.05) is 38.1 Å². The van der Waals surface area contributed by atoms with Gasteiger partial charge >= 0.3 is 0 Å². The minimum atomic E-state index is 0.0349. The van der Waals surface area contributed by atoms with E-state index in [0.717, 1.165) is 11.1 Å². The number of carbonyl (C=O) groups excluding carboxylic acids is 1. The first-order chi connectivity index (χ1) is 6.16. The zero-order valence-corrected chi connectivity index (χ0v) is 8.08. The van der Waals surface area contributed by atoms with Crippen molar-refractivity contribution in [1.82, 2.24) is 0 Å². The molecule has 0 aliphatic heterocycles. The van der Waals surface area contributed by atoms with E-state index >= 15 is 0 Å². The van der Waals surface area contributed by atoms with Gasteiger partial charge in [-0.05, 0) is 5.56 Å². The molecule has 0 fully saturated rings. The molecule has 1 rings (SSSR count). The molecular formula is C11H15NO. The van der Waals surface area contributed by atoms with Crippen LogP contribution < -0.4 is 5.73 Å². The Morgan fingerprint density at radius 1 is 1.38 bits per heavy atom. The Morgan fingerprint density at radius 2 is 2.00 bits per heavy atom. The van der Waals surface area contributed by atoms with Gasteiger partial charge < -0.3 is 5.73 Å². The average molecular weight is 177 g/mol. The Balaban J connectivity index is 3.06. The van der Waals surface area contributed by atoms with Gasteiger partial charge in [0.25, 0.3) is 0 Å². The molecule has 0 unspecified atom stereocenters. The Morgan fingerprint density at radius 3 is 2.54 bits per heavy atom. The molecule has 13 heavy (non-hydrogen) atoms. The first-order valence-electron chi connectivity index (χ1n) is 4.49. The molecule has 0 atom stereocenters. The van der Waals surface area contributed by atoms with Crippen LogP contribution in [0.15, 0.2) is 24.3 Å². The van der Waals surface area contributed by atoms with Crippen molar-refractivity contribution in [3.8, 4) is 0 Å². The Bertz CT molecular complexity index is 305. The number of carbonyl (C=O) groups is 1. The highest BCUT2D eigenvalue weighted by atomic mass is 16.1. The molecule has 2 heteroatoms. The number of benzene rings is 1. The fourth-order valence-electron chi connectivity index (χ4n) is 1.25. The van der Waals surface area contributed by atoms with Crippen molar-refractivity contribution in [1.29, 1.82) is 0 Å². The van der Waals surface area contributed by atoms with Gasteiger partial charge in [-0.3, -0.25) is 4.79 Å².